The number of carbonyl (C=O) groups excluding carboxylic acids is 2. The highest BCUT2D eigenvalue weighted by molar-refractivity contribution is 6.09. The Labute approximate surface area is 291 Å². The maximum Gasteiger partial charge on any atom is 0.252 e. The molecule has 3 aromatic carbocycles. The van der Waals surface area contributed by atoms with Gasteiger partial charge < -0.3 is 31.2 Å². The van der Waals surface area contributed by atoms with Crippen LogP contribution in [0.15, 0.2) is 97.6 Å². The highest BCUT2D eigenvalue weighted by Gasteiger charge is 2.24. The van der Waals surface area contributed by atoms with E-state index in [-0.39, 0.29) is 17.9 Å². The molecule has 2 atom stereocenters. The van der Waals surface area contributed by atoms with Crippen molar-refractivity contribution < 1.29 is 9.59 Å². The van der Waals surface area contributed by atoms with E-state index < -0.39 is 6.04 Å². The van der Waals surface area contributed by atoms with Gasteiger partial charge in [0.25, 0.3) is 5.91 Å². The normalized spacial score (nSPS) is 14.8. The summed E-state index contributed by atoms with van der Waals surface area (Å²) in [6, 6.07) is 23.6. The fourth-order valence-electron chi connectivity index (χ4n) is 7.10. The number of aromatic amines is 2. The quantitative estimate of drug-likeness (QED) is 0.0784. The summed E-state index contributed by atoms with van der Waals surface area (Å²) in [6.45, 7) is 2.43. The van der Waals surface area contributed by atoms with Crippen molar-refractivity contribution in [3.05, 3.63) is 131 Å². The van der Waals surface area contributed by atoms with Gasteiger partial charge in [-0.2, -0.15) is 0 Å². The number of H-pyrrole nitrogens is 2. The molecule has 0 radical (unpaired) electrons. The third-order valence-corrected chi connectivity index (χ3v) is 9.67. The van der Waals surface area contributed by atoms with E-state index in [1.165, 1.54) is 5.56 Å². The van der Waals surface area contributed by atoms with Crippen LogP contribution in [-0.4, -0.2) is 50.9 Å². The first-order chi connectivity index (χ1) is 24.6. The topological polar surface area (TPSA) is 140 Å². The second-order valence-electron chi connectivity index (χ2n) is 13.0. The lowest BCUT2D eigenvalue weighted by Gasteiger charge is -2.25. The summed E-state index contributed by atoms with van der Waals surface area (Å²) in [5, 5.41) is 16.3. The van der Waals surface area contributed by atoms with E-state index >= 15 is 0 Å². The lowest BCUT2D eigenvalue weighted by atomic mass is 9.92. The first-order valence-electron chi connectivity index (χ1n) is 17.6. The SMILES string of the molecule is O=C(N[C@@H](CCCNC1CCCc2cccnc21)C(=O)NCCc1c[nH]c2ccccc12)c1ccc(CNCc2ncc[nH]2)c2ccccc12. The number of nitrogens with one attached hydrogen (secondary N) is 6. The fraction of sp³-hybridized carbons (Fsp3) is 0.300. The van der Waals surface area contributed by atoms with Gasteiger partial charge in [-0.05, 0) is 90.7 Å². The van der Waals surface area contributed by atoms with Crippen LogP contribution in [0.5, 0.6) is 0 Å². The molecule has 6 N–H and O–H groups in total. The Morgan fingerprint density at radius 2 is 1.70 bits per heavy atom. The van der Waals surface area contributed by atoms with Gasteiger partial charge in [0.05, 0.1) is 12.2 Å². The molecule has 0 bridgehead atoms. The largest absolute Gasteiger partial charge is 0.361 e. The Bertz CT molecular complexity index is 2050. The lowest BCUT2D eigenvalue weighted by Crippen LogP contribution is -2.47. The van der Waals surface area contributed by atoms with Crippen LogP contribution in [0.3, 0.4) is 0 Å². The van der Waals surface area contributed by atoms with Crippen molar-refractivity contribution >= 4 is 33.5 Å². The molecule has 256 valence electrons. The van der Waals surface area contributed by atoms with Crippen LogP contribution in [0.25, 0.3) is 21.7 Å². The molecule has 0 spiro atoms. The van der Waals surface area contributed by atoms with Crippen LogP contribution in [0.2, 0.25) is 0 Å². The summed E-state index contributed by atoms with van der Waals surface area (Å²) in [4.78, 5) is 43.0. The Hall–Kier alpha value is -5.32. The number of rotatable bonds is 15. The molecule has 2 amide bonds. The molecule has 0 saturated heterocycles. The third kappa shape index (κ3) is 7.77. The molecule has 1 unspecified atom stereocenters. The van der Waals surface area contributed by atoms with Crippen molar-refractivity contribution in [3.8, 4) is 0 Å². The Kier molecular flexibility index (Phi) is 10.6. The molecule has 0 saturated carbocycles. The number of aryl methyl sites for hydroxylation is 1. The number of para-hydroxylation sites is 1. The minimum Gasteiger partial charge on any atom is -0.361 e. The van der Waals surface area contributed by atoms with Crippen LogP contribution in [0.1, 0.15) is 70.3 Å². The van der Waals surface area contributed by atoms with E-state index in [0.717, 1.165) is 76.5 Å². The number of hydrogen-bond acceptors (Lipinski definition) is 6. The highest BCUT2D eigenvalue weighted by atomic mass is 16.2. The second kappa shape index (κ2) is 15.9. The van der Waals surface area contributed by atoms with Crippen LogP contribution in [0, 0.1) is 0 Å². The molecule has 0 aliphatic heterocycles. The zero-order chi connectivity index (χ0) is 34.1. The first-order valence-corrected chi connectivity index (χ1v) is 17.6. The number of imidazole rings is 1. The van der Waals surface area contributed by atoms with E-state index in [1.54, 1.807) is 12.4 Å². The fourth-order valence-corrected chi connectivity index (χ4v) is 7.10. The molecule has 3 heterocycles. The predicted molar refractivity (Wildman–Crippen MR) is 196 cm³/mol. The zero-order valence-electron chi connectivity index (χ0n) is 28.2. The molecular formula is C40H44N8O2. The van der Waals surface area contributed by atoms with Gasteiger partial charge in [0, 0.05) is 60.4 Å². The van der Waals surface area contributed by atoms with Crippen molar-refractivity contribution in [2.75, 3.05) is 13.1 Å². The third-order valence-electron chi connectivity index (χ3n) is 9.67. The van der Waals surface area contributed by atoms with Gasteiger partial charge in [0.15, 0.2) is 0 Å². The number of nitrogens with zero attached hydrogens (tertiary/aromatic N) is 2. The Balaban J connectivity index is 1.02. The minimum absolute atomic E-state index is 0.175. The number of benzene rings is 3. The Morgan fingerprint density at radius 3 is 2.58 bits per heavy atom. The van der Waals surface area contributed by atoms with E-state index in [2.05, 4.69) is 53.3 Å². The predicted octanol–water partition coefficient (Wildman–Crippen LogP) is 5.63. The molecule has 3 aromatic heterocycles. The average Bonchev–Trinajstić information content (AvgIpc) is 3.83. The smallest absolute Gasteiger partial charge is 0.252 e. The van der Waals surface area contributed by atoms with Gasteiger partial charge in [-0.1, -0.05) is 54.6 Å². The van der Waals surface area contributed by atoms with E-state index in [0.29, 0.717) is 38.0 Å². The molecule has 6 aromatic rings. The summed E-state index contributed by atoms with van der Waals surface area (Å²) in [7, 11) is 0. The molecular weight excluding hydrogens is 624 g/mol. The average molecular weight is 669 g/mol. The summed E-state index contributed by atoms with van der Waals surface area (Å²) in [5.41, 5.74) is 6.30. The van der Waals surface area contributed by atoms with Gasteiger partial charge in [-0.25, -0.2) is 4.98 Å². The molecule has 10 heteroatoms. The van der Waals surface area contributed by atoms with E-state index in [9.17, 15) is 9.59 Å². The Morgan fingerprint density at radius 1 is 0.840 bits per heavy atom. The monoisotopic (exact) mass is 668 g/mol. The number of fused-ring (bicyclic) bond motifs is 3. The van der Waals surface area contributed by atoms with Gasteiger partial charge in [-0.3, -0.25) is 14.6 Å². The highest BCUT2D eigenvalue weighted by Crippen LogP contribution is 2.28. The maximum atomic E-state index is 13.9. The van der Waals surface area contributed by atoms with Crippen molar-refractivity contribution in [2.45, 2.75) is 63.7 Å². The number of pyridine rings is 1. The van der Waals surface area contributed by atoms with Gasteiger partial charge in [-0.15, -0.1) is 0 Å². The molecule has 50 heavy (non-hydrogen) atoms. The zero-order valence-corrected chi connectivity index (χ0v) is 28.2. The van der Waals surface area contributed by atoms with E-state index in [1.807, 2.05) is 73.1 Å². The lowest BCUT2D eigenvalue weighted by molar-refractivity contribution is -0.123. The standard InChI is InChI=1S/C40H44N8O2/c49-39(33-17-16-28(30-10-1-2-12-32(30)33)24-41-26-37-43-22-23-44-37)48-36(15-7-19-42-35-14-5-8-27-9-6-20-45-38(27)35)40(50)46-21-18-29-25-47-34-13-4-3-11-31(29)34/h1-4,6,9-13,16-17,20,22-23,25,35-36,41-42,47H,5,7-8,14-15,18-19,21,24,26H2,(H,43,44)(H,46,50)(H,48,49)/t35?,36-/m0/s1. The number of hydrogen-bond donors (Lipinski definition) is 6. The maximum absolute atomic E-state index is 13.9. The molecule has 0 fully saturated rings. The van der Waals surface area contributed by atoms with Gasteiger partial charge in [0.1, 0.15) is 11.9 Å². The van der Waals surface area contributed by atoms with Gasteiger partial charge >= 0.3 is 0 Å². The first kappa shape index (κ1) is 33.2. The van der Waals surface area contributed by atoms with Crippen molar-refractivity contribution in [1.29, 1.82) is 0 Å². The van der Waals surface area contributed by atoms with Gasteiger partial charge in [0.2, 0.25) is 5.91 Å². The van der Waals surface area contributed by atoms with Crippen molar-refractivity contribution in [1.82, 2.24) is 41.2 Å². The molecule has 7 rings (SSSR count). The molecule has 10 nitrogen and oxygen atoms in total. The minimum atomic E-state index is -0.683. The number of aromatic nitrogens is 4. The second-order valence-corrected chi connectivity index (χ2v) is 13.0. The summed E-state index contributed by atoms with van der Waals surface area (Å²) in [5.74, 6) is 0.434. The van der Waals surface area contributed by atoms with Crippen molar-refractivity contribution in [3.63, 3.8) is 0 Å². The van der Waals surface area contributed by atoms with Crippen LogP contribution in [-0.2, 0) is 30.7 Å². The molecule has 1 aliphatic rings. The number of amides is 2. The summed E-state index contributed by atoms with van der Waals surface area (Å²) in [6.07, 6.45) is 12.5. The molecule has 1 aliphatic carbocycles. The van der Waals surface area contributed by atoms with Crippen LogP contribution >= 0.6 is 0 Å². The number of carbonyl (C=O) groups is 2. The summed E-state index contributed by atoms with van der Waals surface area (Å²) >= 11 is 0. The van der Waals surface area contributed by atoms with Crippen LogP contribution in [0.4, 0.5) is 0 Å². The van der Waals surface area contributed by atoms with Crippen LogP contribution < -0.4 is 21.3 Å². The van der Waals surface area contributed by atoms with E-state index in [4.69, 9.17) is 0 Å². The summed E-state index contributed by atoms with van der Waals surface area (Å²) < 4.78 is 0. The van der Waals surface area contributed by atoms with Crippen molar-refractivity contribution in [2.24, 2.45) is 0 Å².